The fourth-order valence-corrected chi connectivity index (χ4v) is 3.01. The van der Waals surface area contributed by atoms with E-state index in [0.29, 0.717) is 17.9 Å². The van der Waals surface area contributed by atoms with Gasteiger partial charge in [-0.2, -0.15) is 13.2 Å². The number of benzene rings is 1. The van der Waals surface area contributed by atoms with E-state index in [0.717, 1.165) is 19.4 Å². The first-order valence-electron chi connectivity index (χ1n) is 7.31. The largest absolute Gasteiger partial charge is 0.416 e. The summed E-state index contributed by atoms with van der Waals surface area (Å²) in [7, 11) is 1.62. The Kier molecular flexibility index (Phi) is 4.81. The van der Waals surface area contributed by atoms with Gasteiger partial charge in [0, 0.05) is 19.3 Å². The van der Waals surface area contributed by atoms with Gasteiger partial charge in [-0.05, 0) is 36.5 Å². The molecule has 1 aliphatic rings. The van der Waals surface area contributed by atoms with Crippen LogP contribution in [0.15, 0.2) is 18.2 Å². The average molecular weight is 301 g/mol. The molecule has 1 fully saturated rings. The Labute approximate surface area is 123 Å². The first kappa shape index (κ1) is 16.1. The summed E-state index contributed by atoms with van der Waals surface area (Å²) in [5.41, 5.74) is 0.484. The summed E-state index contributed by atoms with van der Waals surface area (Å²) in [6, 6.07) is 4.88. The third-order valence-electron chi connectivity index (χ3n) is 4.03. The zero-order chi connectivity index (χ0) is 15.6. The number of ether oxygens (including phenoxy) is 1. The summed E-state index contributed by atoms with van der Waals surface area (Å²) in [6.45, 7) is 4.90. The molecule has 0 N–H and O–H groups in total. The van der Waals surface area contributed by atoms with Gasteiger partial charge in [-0.15, -0.1) is 0 Å². The minimum atomic E-state index is -4.31. The number of hydrogen-bond donors (Lipinski definition) is 0. The Balaban J connectivity index is 2.38. The third-order valence-corrected chi connectivity index (χ3v) is 4.03. The van der Waals surface area contributed by atoms with Crippen molar-refractivity contribution in [2.45, 2.75) is 44.8 Å². The number of methoxy groups -OCH3 is 1. The summed E-state index contributed by atoms with van der Waals surface area (Å²) < 4.78 is 45.0. The number of nitrogens with zero attached hydrogens (tertiary/aromatic N) is 1. The highest BCUT2D eigenvalue weighted by Crippen LogP contribution is 2.38. The van der Waals surface area contributed by atoms with Gasteiger partial charge in [-0.1, -0.05) is 19.9 Å². The summed E-state index contributed by atoms with van der Waals surface area (Å²) in [5, 5.41) is 0. The highest BCUT2D eigenvalue weighted by atomic mass is 19.4. The predicted molar refractivity (Wildman–Crippen MR) is 77.8 cm³/mol. The molecule has 0 spiro atoms. The molecular formula is C16H22F3NO. The molecule has 118 valence electrons. The minimum absolute atomic E-state index is 0.149. The van der Waals surface area contributed by atoms with Crippen LogP contribution >= 0.6 is 0 Å². The van der Waals surface area contributed by atoms with Gasteiger partial charge in [0.1, 0.15) is 0 Å². The van der Waals surface area contributed by atoms with Crippen LogP contribution < -0.4 is 4.90 Å². The lowest BCUT2D eigenvalue weighted by Gasteiger charge is -2.28. The van der Waals surface area contributed by atoms with E-state index < -0.39 is 11.7 Å². The molecule has 0 unspecified atom stereocenters. The summed E-state index contributed by atoms with van der Waals surface area (Å²) >= 11 is 0. The quantitative estimate of drug-likeness (QED) is 0.815. The van der Waals surface area contributed by atoms with Crippen LogP contribution in [0.4, 0.5) is 18.9 Å². The van der Waals surface area contributed by atoms with Crippen molar-refractivity contribution in [3.05, 3.63) is 29.3 Å². The first-order chi connectivity index (χ1) is 9.84. The molecule has 21 heavy (non-hydrogen) atoms. The Hall–Kier alpha value is -1.23. The molecule has 0 saturated carbocycles. The fraction of sp³-hybridized carbons (Fsp3) is 0.625. The van der Waals surface area contributed by atoms with Crippen LogP contribution in [0.25, 0.3) is 0 Å². The number of halogens is 3. The van der Waals surface area contributed by atoms with Crippen molar-refractivity contribution in [3.63, 3.8) is 0 Å². The van der Waals surface area contributed by atoms with Crippen molar-refractivity contribution < 1.29 is 17.9 Å². The molecule has 1 aromatic carbocycles. The van der Waals surface area contributed by atoms with E-state index in [1.54, 1.807) is 33.1 Å². The van der Waals surface area contributed by atoms with E-state index in [9.17, 15) is 13.2 Å². The van der Waals surface area contributed by atoms with Gasteiger partial charge in [0.15, 0.2) is 0 Å². The molecule has 2 nitrogen and oxygen atoms in total. The normalized spacial score (nSPS) is 19.6. The summed E-state index contributed by atoms with van der Waals surface area (Å²) in [4.78, 5) is 2.03. The highest BCUT2D eigenvalue weighted by molar-refractivity contribution is 5.54. The van der Waals surface area contributed by atoms with Gasteiger partial charge in [0.25, 0.3) is 0 Å². The van der Waals surface area contributed by atoms with E-state index in [1.165, 1.54) is 6.07 Å². The molecular weight excluding hydrogens is 279 g/mol. The van der Waals surface area contributed by atoms with Crippen molar-refractivity contribution in [1.29, 1.82) is 0 Å². The minimum Gasteiger partial charge on any atom is -0.383 e. The molecule has 0 aliphatic carbocycles. The Morgan fingerprint density at radius 3 is 2.62 bits per heavy atom. The van der Waals surface area contributed by atoms with Crippen molar-refractivity contribution in [3.8, 4) is 0 Å². The summed E-state index contributed by atoms with van der Waals surface area (Å²) in [6.07, 6.45) is -2.37. The molecule has 1 aliphatic heterocycles. The van der Waals surface area contributed by atoms with E-state index in [-0.39, 0.29) is 12.0 Å². The Bertz CT molecular complexity index is 485. The van der Waals surface area contributed by atoms with Gasteiger partial charge in [0.2, 0.25) is 0 Å². The van der Waals surface area contributed by atoms with Crippen LogP contribution in [0.5, 0.6) is 0 Å². The van der Waals surface area contributed by atoms with Crippen molar-refractivity contribution in [2.24, 2.45) is 0 Å². The molecule has 0 radical (unpaired) electrons. The second-order valence-electron chi connectivity index (χ2n) is 5.87. The van der Waals surface area contributed by atoms with Crippen LogP contribution in [-0.2, 0) is 10.9 Å². The van der Waals surface area contributed by atoms with Crippen LogP contribution in [0.1, 0.15) is 43.7 Å². The number of anilines is 1. The number of rotatable bonds is 4. The first-order valence-corrected chi connectivity index (χ1v) is 7.31. The molecule has 0 bridgehead atoms. The fourth-order valence-electron chi connectivity index (χ4n) is 3.01. The standard InChI is InChI=1S/C16H22F3NO/c1-11(2)14-7-6-12(9-15(14)16(17,18)19)20-8-4-5-13(20)10-21-3/h6-7,9,11,13H,4-5,8,10H2,1-3H3/t13-/m0/s1. The lowest BCUT2D eigenvalue weighted by atomic mass is 9.96. The van der Waals surface area contributed by atoms with Gasteiger partial charge >= 0.3 is 6.18 Å². The van der Waals surface area contributed by atoms with Gasteiger partial charge in [0.05, 0.1) is 18.2 Å². The third kappa shape index (κ3) is 3.51. The second kappa shape index (κ2) is 6.26. The summed E-state index contributed by atoms with van der Waals surface area (Å²) in [5.74, 6) is -0.149. The van der Waals surface area contributed by atoms with E-state index >= 15 is 0 Å². The molecule has 5 heteroatoms. The van der Waals surface area contributed by atoms with Crippen LogP contribution in [0.2, 0.25) is 0 Å². The molecule has 1 atom stereocenters. The molecule has 1 heterocycles. The maximum absolute atomic E-state index is 13.3. The van der Waals surface area contributed by atoms with Gasteiger partial charge in [-0.3, -0.25) is 0 Å². The molecule has 0 aromatic heterocycles. The van der Waals surface area contributed by atoms with Gasteiger partial charge in [-0.25, -0.2) is 0 Å². The maximum Gasteiger partial charge on any atom is 0.416 e. The van der Waals surface area contributed by atoms with E-state index in [4.69, 9.17) is 4.74 Å². The topological polar surface area (TPSA) is 12.5 Å². The van der Waals surface area contributed by atoms with Gasteiger partial charge < -0.3 is 9.64 Å². The van der Waals surface area contributed by atoms with E-state index in [2.05, 4.69) is 0 Å². The second-order valence-corrected chi connectivity index (χ2v) is 5.87. The monoisotopic (exact) mass is 301 g/mol. The molecule has 0 amide bonds. The lowest BCUT2D eigenvalue weighted by molar-refractivity contribution is -0.138. The smallest absolute Gasteiger partial charge is 0.383 e. The predicted octanol–water partition coefficient (Wildman–Crippen LogP) is 4.44. The maximum atomic E-state index is 13.3. The zero-order valence-electron chi connectivity index (χ0n) is 12.7. The van der Waals surface area contributed by atoms with Crippen molar-refractivity contribution >= 4 is 5.69 Å². The molecule has 2 rings (SSSR count). The molecule has 1 saturated heterocycles. The molecule has 1 aromatic rings. The number of hydrogen-bond acceptors (Lipinski definition) is 2. The van der Waals surface area contributed by atoms with E-state index in [1.807, 2.05) is 4.90 Å². The number of alkyl halides is 3. The lowest BCUT2D eigenvalue weighted by Crippen LogP contribution is -2.33. The highest BCUT2D eigenvalue weighted by Gasteiger charge is 2.35. The Morgan fingerprint density at radius 1 is 1.33 bits per heavy atom. The zero-order valence-corrected chi connectivity index (χ0v) is 12.7. The van der Waals surface area contributed by atoms with Crippen LogP contribution in [0.3, 0.4) is 0 Å². The Morgan fingerprint density at radius 2 is 2.05 bits per heavy atom. The SMILES string of the molecule is COC[C@@H]1CCCN1c1ccc(C(C)C)c(C(F)(F)F)c1. The van der Waals surface area contributed by atoms with Crippen LogP contribution in [-0.4, -0.2) is 26.3 Å². The van der Waals surface area contributed by atoms with Crippen molar-refractivity contribution in [2.75, 3.05) is 25.2 Å². The van der Waals surface area contributed by atoms with Crippen LogP contribution in [0, 0.1) is 0 Å². The van der Waals surface area contributed by atoms with Crippen molar-refractivity contribution in [1.82, 2.24) is 0 Å². The average Bonchev–Trinajstić information content (AvgIpc) is 2.85.